The molecule has 1 aliphatic carbocycles. The van der Waals surface area contributed by atoms with Crippen LogP contribution >= 0.6 is 0 Å². The van der Waals surface area contributed by atoms with Crippen molar-refractivity contribution in [3.05, 3.63) is 18.0 Å². The Morgan fingerprint density at radius 1 is 1.32 bits per heavy atom. The lowest BCUT2D eigenvalue weighted by Crippen LogP contribution is -2.02. The number of aryl methyl sites for hydroxylation is 1. The molecular weight excluding hydrogens is 242 g/mol. The summed E-state index contributed by atoms with van der Waals surface area (Å²) in [5.74, 6) is 3.20. The van der Waals surface area contributed by atoms with Gasteiger partial charge in [0, 0.05) is 24.6 Å². The van der Waals surface area contributed by atoms with Crippen LogP contribution in [0.5, 0.6) is 11.5 Å². The quantitative estimate of drug-likeness (QED) is 0.845. The van der Waals surface area contributed by atoms with Crippen LogP contribution in [0.25, 0.3) is 11.0 Å². The molecule has 0 amide bonds. The Labute approximate surface area is 110 Å². The van der Waals surface area contributed by atoms with Crippen LogP contribution in [-0.4, -0.2) is 16.3 Å². The van der Waals surface area contributed by atoms with E-state index in [1.807, 2.05) is 12.1 Å². The minimum Gasteiger partial charge on any atom is -0.454 e. The first-order valence-corrected chi connectivity index (χ1v) is 6.53. The number of aromatic nitrogens is 2. The molecule has 1 aliphatic heterocycles. The maximum atomic E-state index is 8.81. The van der Waals surface area contributed by atoms with Crippen LogP contribution in [-0.2, 0) is 6.54 Å². The van der Waals surface area contributed by atoms with Gasteiger partial charge in [-0.3, -0.25) is 0 Å². The molecule has 4 rings (SSSR count). The molecule has 1 aromatic carbocycles. The van der Waals surface area contributed by atoms with Crippen LogP contribution in [0.2, 0.25) is 0 Å². The molecule has 0 radical (unpaired) electrons. The molecule has 0 atom stereocenters. The molecule has 2 aliphatic rings. The fraction of sp³-hybridized carbons (Fsp3) is 0.429. The summed E-state index contributed by atoms with van der Waals surface area (Å²) < 4.78 is 13.0. The standard InChI is InChI=1S/C14H13N3O2/c15-4-1-5-17-11-7-13-12(18-8-19-13)6-10(11)16-14(17)9-2-3-9/h6-7,9H,1-3,5,8H2. The number of hydrogen-bond donors (Lipinski definition) is 0. The van der Waals surface area contributed by atoms with Gasteiger partial charge in [0.25, 0.3) is 0 Å². The van der Waals surface area contributed by atoms with Crippen molar-refractivity contribution in [3.8, 4) is 17.6 Å². The van der Waals surface area contributed by atoms with E-state index in [1.54, 1.807) is 0 Å². The highest BCUT2D eigenvalue weighted by Crippen LogP contribution is 2.43. The average molecular weight is 255 g/mol. The van der Waals surface area contributed by atoms with Gasteiger partial charge in [-0.2, -0.15) is 5.26 Å². The lowest BCUT2D eigenvalue weighted by Gasteiger charge is -2.06. The molecule has 5 nitrogen and oxygen atoms in total. The van der Waals surface area contributed by atoms with Gasteiger partial charge in [-0.25, -0.2) is 4.98 Å². The summed E-state index contributed by atoms with van der Waals surface area (Å²) in [6, 6.07) is 6.12. The number of nitrogens with zero attached hydrogens (tertiary/aromatic N) is 3. The maximum absolute atomic E-state index is 8.81. The molecular formula is C14H13N3O2. The largest absolute Gasteiger partial charge is 0.454 e. The monoisotopic (exact) mass is 255 g/mol. The average Bonchev–Trinajstić information content (AvgIpc) is 3.06. The highest BCUT2D eigenvalue weighted by molar-refractivity contribution is 5.81. The first kappa shape index (κ1) is 10.7. The second-order valence-electron chi connectivity index (χ2n) is 5.00. The van der Waals surface area contributed by atoms with E-state index >= 15 is 0 Å². The molecule has 2 aromatic rings. The molecule has 19 heavy (non-hydrogen) atoms. The van der Waals surface area contributed by atoms with Gasteiger partial charge in [0.1, 0.15) is 5.82 Å². The van der Waals surface area contributed by atoms with E-state index in [0.29, 0.717) is 18.9 Å². The zero-order valence-electron chi connectivity index (χ0n) is 10.4. The predicted molar refractivity (Wildman–Crippen MR) is 68.1 cm³/mol. The Morgan fingerprint density at radius 2 is 2.11 bits per heavy atom. The third-order valence-electron chi connectivity index (χ3n) is 3.66. The zero-order chi connectivity index (χ0) is 12.8. The van der Waals surface area contributed by atoms with Crippen LogP contribution < -0.4 is 9.47 Å². The number of ether oxygens (including phenoxy) is 2. The third-order valence-corrected chi connectivity index (χ3v) is 3.66. The molecule has 1 fully saturated rings. The predicted octanol–water partition coefficient (Wildman–Crippen LogP) is 2.56. The van der Waals surface area contributed by atoms with Crippen molar-refractivity contribution >= 4 is 11.0 Å². The van der Waals surface area contributed by atoms with Gasteiger partial charge in [-0.15, -0.1) is 0 Å². The van der Waals surface area contributed by atoms with Crippen molar-refractivity contribution in [2.24, 2.45) is 0 Å². The van der Waals surface area contributed by atoms with E-state index in [-0.39, 0.29) is 6.79 Å². The normalized spacial score (nSPS) is 16.8. The molecule has 1 aromatic heterocycles. The topological polar surface area (TPSA) is 60.1 Å². The summed E-state index contributed by atoms with van der Waals surface area (Å²) in [7, 11) is 0. The third kappa shape index (κ3) is 1.64. The Hall–Kier alpha value is -2.22. The fourth-order valence-corrected chi connectivity index (χ4v) is 2.58. The Morgan fingerprint density at radius 3 is 2.84 bits per heavy atom. The summed E-state index contributed by atoms with van der Waals surface area (Å²) >= 11 is 0. The lowest BCUT2D eigenvalue weighted by molar-refractivity contribution is 0.174. The van der Waals surface area contributed by atoms with Gasteiger partial charge >= 0.3 is 0 Å². The minimum absolute atomic E-state index is 0.273. The van der Waals surface area contributed by atoms with Crippen molar-refractivity contribution < 1.29 is 9.47 Å². The van der Waals surface area contributed by atoms with E-state index in [2.05, 4.69) is 10.6 Å². The van der Waals surface area contributed by atoms with Gasteiger partial charge in [-0.1, -0.05) is 0 Å². The number of benzene rings is 1. The van der Waals surface area contributed by atoms with Crippen molar-refractivity contribution in [2.45, 2.75) is 31.7 Å². The molecule has 0 N–H and O–H groups in total. The van der Waals surface area contributed by atoms with Gasteiger partial charge in [0.05, 0.1) is 23.5 Å². The molecule has 0 saturated heterocycles. The smallest absolute Gasteiger partial charge is 0.231 e. The van der Waals surface area contributed by atoms with Gasteiger partial charge in [0.2, 0.25) is 6.79 Å². The van der Waals surface area contributed by atoms with E-state index in [0.717, 1.165) is 28.4 Å². The molecule has 5 heteroatoms. The Kier molecular flexibility index (Phi) is 2.18. The van der Waals surface area contributed by atoms with Gasteiger partial charge < -0.3 is 14.0 Å². The van der Waals surface area contributed by atoms with Crippen LogP contribution in [0, 0.1) is 11.3 Å². The number of fused-ring (bicyclic) bond motifs is 2. The molecule has 96 valence electrons. The Balaban J connectivity index is 1.89. The number of rotatable bonds is 3. The maximum Gasteiger partial charge on any atom is 0.231 e. The van der Waals surface area contributed by atoms with E-state index < -0.39 is 0 Å². The minimum atomic E-state index is 0.273. The van der Waals surface area contributed by atoms with Crippen LogP contribution in [0.15, 0.2) is 12.1 Å². The van der Waals surface area contributed by atoms with Gasteiger partial charge in [0.15, 0.2) is 11.5 Å². The summed E-state index contributed by atoms with van der Waals surface area (Å²) in [6.45, 7) is 0.966. The summed E-state index contributed by atoms with van der Waals surface area (Å²) in [4.78, 5) is 4.72. The first-order chi connectivity index (χ1) is 9.36. The van der Waals surface area contributed by atoms with Crippen molar-refractivity contribution in [2.75, 3.05) is 6.79 Å². The van der Waals surface area contributed by atoms with Crippen molar-refractivity contribution in [1.82, 2.24) is 9.55 Å². The second-order valence-corrected chi connectivity index (χ2v) is 5.00. The first-order valence-electron chi connectivity index (χ1n) is 6.53. The Bertz CT molecular complexity index is 695. The van der Waals surface area contributed by atoms with Crippen LogP contribution in [0.4, 0.5) is 0 Å². The van der Waals surface area contributed by atoms with E-state index in [9.17, 15) is 0 Å². The van der Waals surface area contributed by atoms with Crippen molar-refractivity contribution in [1.29, 1.82) is 5.26 Å². The second kappa shape index (κ2) is 3.89. The van der Waals surface area contributed by atoms with Crippen molar-refractivity contribution in [3.63, 3.8) is 0 Å². The summed E-state index contributed by atoms with van der Waals surface area (Å²) in [5, 5.41) is 8.81. The highest BCUT2D eigenvalue weighted by atomic mass is 16.7. The fourth-order valence-electron chi connectivity index (χ4n) is 2.58. The molecule has 0 bridgehead atoms. The highest BCUT2D eigenvalue weighted by Gasteiger charge is 2.30. The zero-order valence-corrected chi connectivity index (χ0v) is 10.4. The SMILES string of the molecule is N#CCCn1c(C2CC2)nc2cc3c(cc21)OCO3. The van der Waals surface area contributed by atoms with E-state index in [1.165, 1.54) is 12.8 Å². The number of hydrogen-bond acceptors (Lipinski definition) is 4. The summed E-state index contributed by atoms with van der Waals surface area (Å²) in [5.41, 5.74) is 1.98. The van der Waals surface area contributed by atoms with Crippen LogP contribution in [0.3, 0.4) is 0 Å². The molecule has 0 unspecified atom stereocenters. The number of nitriles is 1. The summed E-state index contributed by atoms with van der Waals surface area (Å²) in [6.07, 6.45) is 2.89. The lowest BCUT2D eigenvalue weighted by atomic mass is 10.2. The molecule has 0 spiro atoms. The van der Waals surface area contributed by atoms with E-state index in [4.69, 9.17) is 19.7 Å². The molecule has 1 saturated carbocycles. The molecule has 2 heterocycles. The van der Waals surface area contributed by atoms with Crippen LogP contribution in [0.1, 0.15) is 31.0 Å². The van der Waals surface area contributed by atoms with Gasteiger partial charge in [-0.05, 0) is 12.8 Å². The number of imidazole rings is 1.